The summed E-state index contributed by atoms with van der Waals surface area (Å²) in [5.41, 5.74) is 1.30. The van der Waals surface area contributed by atoms with E-state index in [1.807, 2.05) is 13.0 Å². The molecular weight excluding hydrogens is 136 g/mol. The fraction of sp³-hybridized carbons (Fsp3) is 0.400. The number of hydrogen-bond acceptors (Lipinski definition) is 1. The molecule has 0 heterocycles. The molecule has 11 heavy (non-hydrogen) atoms. The Morgan fingerprint density at radius 1 is 1.55 bits per heavy atom. The number of benzene rings is 1. The summed E-state index contributed by atoms with van der Waals surface area (Å²) in [6.45, 7) is -0.652. The van der Waals surface area contributed by atoms with Crippen LogP contribution in [0.5, 0.6) is 0 Å². The number of hydrogen-bond donors (Lipinski definition) is 1. The minimum absolute atomic E-state index is 0.389. The third-order valence-corrected chi connectivity index (χ3v) is 1.39. The molecule has 0 unspecified atom stereocenters. The minimum Gasteiger partial charge on any atom is -0.396 e. The average molecular weight is 154 g/mol. The first-order chi connectivity index (χ1) is 6.71. The highest BCUT2D eigenvalue weighted by Crippen LogP contribution is 2.05. The minimum atomic E-state index is -2.49. The molecule has 1 aromatic carbocycles. The van der Waals surface area contributed by atoms with Crippen molar-refractivity contribution < 1.29 is 10.6 Å². The lowest BCUT2D eigenvalue weighted by molar-refractivity contribution is 0.288. The first-order valence-corrected chi connectivity index (χ1v) is 3.50. The molecule has 0 spiro atoms. The molecule has 0 aliphatic heterocycles. The van der Waals surface area contributed by atoms with Gasteiger partial charge in [-0.15, -0.1) is 0 Å². The predicted molar refractivity (Wildman–Crippen MR) is 46.6 cm³/mol. The standard InChI is InChI=1S/C10H14O/c1-9-4-2-5-10(8-9)6-3-7-11/h2,4-5,8,11H,3,6-7H2,1H3/i6D2,7D2. The first-order valence-electron chi connectivity index (χ1n) is 5.50. The van der Waals surface area contributed by atoms with Crippen LogP contribution in [0.4, 0.5) is 0 Å². The first kappa shape index (κ1) is 4.27. The fourth-order valence-electron chi connectivity index (χ4n) is 0.897. The van der Waals surface area contributed by atoms with Gasteiger partial charge in [0.1, 0.15) is 0 Å². The third-order valence-electron chi connectivity index (χ3n) is 1.39. The van der Waals surface area contributed by atoms with Crippen LogP contribution in [0.25, 0.3) is 0 Å². The highest BCUT2D eigenvalue weighted by molar-refractivity contribution is 5.22. The molecule has 1 heteroatoms. The van der Waals surface area contributed by atoms with Crippen LogP contribution in [0.3, 0.4) is 0 Å². The van der Waals surface area contributed by atoms with Crippen molar-refractivity contribution in [3.05, 3.63) is 35.4 Å². The summed E-state index contributed by atoms with van der Waals surface area (Å²) in [6.07, 6.45) is -2.42. The van der Waals surface area contributed by atoms with Crippen LogP contribution in [0.1, 0.15) is 23.0 Å². The van der Waals surface area contributed by atoms with Gasteiger partial charge in [-0.2, -0.15) is 0 Å². The van der Waals surface area contributed by atoms with Crippen LogP contribution < -0.4 is 0 Å². The molecule has 0 amide bonds. The zero-order valence-electron chi connectivity index (χ0n) is 10.5. The summed E-state index contributed by atoms with van der Waals surface area (Å²) in [5.74, 6) is 0. The molecule has 1 aromatic rings. The number of aryl methyl sites for hydroxylation is 2. The Kier molecular flexibility index (Phi) is 1.61. The van der Waals surface area contributed by atoms with Gasteiger partial charge in [-0.1, -0.05) is 29.8 Å². The van der Waals surface area contributed by atoms with E-state index in [-0.39, 0.29) is 0 Å². The van der Waals surface area contributed by atoms with Crippen LogP contribution in [-0.4, -0.2) is 11.7 Å². The van der Waals surface area contributed by atoms with Crippen molar-refractivity contribution in [3.8, 4) is 0 Å². The highest BCUT2D eigenvalue weighted by atomic mass is 16.2. The zero-order valence-corrected chi connectivity index (χ0v) is 6.46. The number of aliphatic hydroxyl groups is 1. The molecule has 60 valence electrons. The normalized spacial score (nSPS) is 18.0. The molecule has 1 N–H and O–H groups in total. The van der Waals surface area contributed by atoms with E-state index in [1.54, 1.807) is 18.2 Å². The molecule has 0 aliphatic carbocycles. The molecule has 0 fully saturated rings. The van der Waals surface area contributed by atoms with Crippen LogP contribution >= 0.6 is 0 Å². The van der Waals surface area contributed by atoms with E-state index in [0.717, 1.165) is 5.56 Å². The lowest BCUT2D eigenvalue weighted by Crippen LogP contribution is -1.89. The Labute approximate surface area is 73.3 Å². The molecule has 0 saturated heterocycles. The van der Waals surface area contributed by atoms with Gasteiger partial charge in [0.05, 0.1) is 2.74 Å². The van der Waals surface area contributed by atoms with Crippen LogP contribution in [0, 0.1) is 6.92 Å². The molecule has 1 rings (SSSR count). The smallest absolute Gasteiger partial charge is 0.0564 e. The highest BCUT2D eigenvalue weighted by Gasteiger charge is 1.91. The summed E-state index contributed by atoms with van der Waals surface area (Å²) in [4.78, 5) is 0. The Morgan fingerprint density at radius 3 is 3.00 bits per heavy atom. The van der Waals surface area contributed by atoms with E-state index in [4.69, 9.17) is 10.6 Å². The van der Waals surface area contributed by atoms with Gasteiger partial charge in [-0.05, 0) is 25.3 Å². The quantitative estimate of drug-likeness (QED) is 0.705. The average Bonchev–Trinajstić information content (AvgIpc) is 1.99. The second-order valence-electron chi connectivity index (χ2n) is 2.38. The Balaban J connectivity index is 2.95. The topological polar surface area (TPSA) is 20.2 Å². The van der Waals surface area contributed by atoms with Crippen LogP contribution in [-0.2, 0) is 6.37 Å². The van der Waals surface area contributed by atoms with Gasteiger partial charge in [0.2, 0.25) is 0 Å². The lowest BCUT2D eigenvalue weighted by Gasteiger charge is -1.99. The monoisotopic (exact) mass is 154 g/mol. The van der Waals surface area contributed by atoms with Crippen LogP contribution in [0.15, 0.2) is 24.3 Å². The summed E-state index contributed by atoms with van der Waals surface area (Å²) >= 11 is 0. The largest absolute Gasteiger partial charge is 0.396 e. The molecule has 0 bridgehead atoms. The van der Waals surface area contributed by atoms with E-state index in [1.165, 1.54) is 0 Å². The van der Waals surface area contributed by atoms with Crippen molar-refractivity contribution in [2.75, 3.05) is 6.56 Å². The maximum atomic E-state index is 8.98. The Morgan fingerprint density at radius 2 is 2.36 bits per heavy atom. The molecular formula is C10H14O. The second-order valence-corrected chi connectivity index (χ2v) is 2.38. The van der Waals surface area contributed by atoms with E-state index in [2.05, 4.69) is 0 Å². The fourth-order valence-corrected chi connectivity index (χ4v) is 0.897. The number of rotatable bonds is 3. The molecule has 0 radical (unpaired) electrons. The molecule has 0 saturated carbocycles. The maximum absolute atomic E-state index is 8.98. The maximum Gasteiger partial charge on any atom is 0.0564 e. The molecule has 0 aromatic heterocycles. The lowest BCUT2D eigenvalue weighted by atomic mass is 10.1. The van der Waals surface area contributed by atoms with Crippen molar-refractivity contribution in [1.29, 1.82) is 0 Å². The van der Waals surface area contributed by atoms with E-state index < -0.39 is 19.4 Å². The molecule has 0 atom stereocenters. The van der Waals surface area contributed by atoms with Gasteiger partial charge < -0.3 is 5.11 Å². The summed E-state index contributed by atoms with van der Waals surface area (Å²) < 4.78 is 29.3. The van der Waals surface area contributed by atoms with Gasteiger partial charge in [0, 0.05) is 9.30 Å². The van der Waals surface area contributed by atoms with Gasteiger partial charge in [-0.3, -0.25) is 0 Å². The van der Waals surface area contributed by atoms with Gasteiger partial charge in [0.25, 0.3) is 0 Å². The Hall–Kier alpha value is -0.820. The van der Waals surface area contributed by atoms with Crippen molar-refractivity contribution in [1.82, 2.24) is 0 Å². The van der Waals surface area contributed by atoms with Crippen molar-refractivity contribution in [3.63, 3.8) is 0 Å². The Bertz CT molecular complexity index is 344. The summed E-state index contributed by atoms with van der Waals surface area (Å²) in [6, 6.07) is 6.81. The van der Waals surface area contributed by atoms with E-state index in [9.17, 15) is 0 Å². The second kappa shape index (κ2) is 4.14. The summed E-state index contributed by atoms with van der Waals surface area (Å²) in [7, 11) is 0. The van der Waals surface area contributed by atoms with Gasteiger partial charge in [0.15, 0.2) is 0 Å². The van der Waals surface area contributed by atoms with Crippen molar-refractivity contribution in [2.24, 2.45) is 0 Å². The molecule has 1 nitrogen and oxygen atoms in total. The SMILES string of the molecule is [2H]C([2H])(O)CC([2H])([2H])c1cccc(C)c1. The summed E-state index contributed by atoms with van der Waals surface area (Å²) in [5, 5.41) is 8.98. The third kappa shape index (κ3) is 2.72. The predicted octanol–water partition coefficient (Wildman–Crippen LogP) is 1.92. The molecule has 0 aliphatic rings. The van der Waals surface area contributed by atoms with E-state index >= 15 is 0 Å². The van der Waals surface area contributed by atoms with Crippen molar-refractivity contribution in [2.45, 2.75) is 19.7 Å². The van der Waals surface area contributed by atoms with Crippen LogP contribution in [0.2, 0.25) is 0 Å². The van der Waals surface area contributed by atoms with E-state index in [0.29, 0.717) is 5.56 Å². The zero-order chi connectivity index (χ0) is 11.7. The van der Waals surface area contributed by atoms with Gasteiger partial charge >= 0.3 is 0 Å². The van der Waals surface area contributed by atoms with Crippen molar-refractivity contribution >= 4 is 0 Å². The van der Waals surface area contributed by atoms with Gasteiger partial charge in [-0.25, -0.2) is 0 Å².